The van der Waals surface area contributed by atoms with E-state index in [0.717, 1.165) is 6.20 Å². The maximum atomic E-state index is 12.0. The number of hydrogen-bond donors (Lipinski definition) is 1. The van der Waals surface area contributed by atoms with Crippen LogP contribution in [0.1, 0.15) is 21.6 Å². The fraction of sp³-hybridized carbons (Fsp3) is 0.333. The summed E-state index contributed by atoms with van der Waals surface area (Å²) in [6.45, 7) is 1.49. The van der Waals surface area contributed by atoms with Gasteiger partial charge in [-0.1, -0.05) is 6.07 Å². The minimum absolute atomic E-state index is 0.000856. The number of nitrogens with zero attached hydrogens (tertiary/aromatic N) is 1. The molecule has 0 radical (unpaired) electrons. The molecule has 0 aromatic carbocycles. The van der Waals surface area contributed by atoms with E-state index in [1.54, 1.807) is 0 Å². The second-order valence-electron chi connectivity index (χ2n) is 3.17. The topological polar surface area (TPSA) is 56.0 Å². The summed E-state index contributed by atoms with van der Waals surface area (Å²) in [5.41, 5.74) is 5.34. The van der Waals surface area contributed by atoms with Gasteiger partial charge < -0.3 is 5.73 Å². The van der Waals surface area contributed by atoms with Crippen molar-refractivity contribution < 1.29 is 18.0 Å². The van der Waals surface area contributed by atoms with Crippen molar-refractivity contribution in [1.82, 2.24) is 4.98 Å². The molecular weight excluding hydrogens is 209 g/mol. The second kappa shape index (κ2) is 3.88. The molecule has 0 unspecified atom stereocenters. The highest BCUT2D eigenvalue weighted by Gasteiger charge is 2.28. The molecule has 3 nitrogen and oxygen atoms in total. The first-order valence-electron chi connectivity index (χ1n) is 4.11. The van der Waals surface area contributed by atoms with E-state index >= 15 is 0 Å². The molecule has 1 aromatic rings. The first-order valence-corrected chi connectivity index (χ1v) is 4.11. The number of alkyl halides is 3. The lowest BCUT2D eigenvalue weighted by Crippen LogP contribution is -2.16. The summed E-state index contributed by atoms with van der Waals surface area (Å²) < 4.78 is 36.0. The molecule has 6 heteroatoms. The molecular formula is C9H9F3N2O. The van der Waals surface area contributed by atoms with E-state index in [4.69, 9.17) is 5.73 Å². The van der Waals surface area contributed by atoms with E-state index in [9.17, 15) is 18.0 Å². The Kier molecular flexibility index (Phi) is 2.97. The lowest BCUT2D eigenvalue weighted by atomic mass is 10.1. The minimum atomic E-state index is -4.28. The van der Waals surface area contributed by atoms with Crippen LogP contribution in [0.5, 0.6) is 0 Å². The number of aromatic nitrogens is 1. The van der Waals surface area contributed by atoms with Crippen molar-refractivity contribution in [2.75, 3.05) is 0 Å². The zero-order chi connectivity index (χ0) is 11.6. The third-order valence-corrected chi connectivity index (χ3v) is 1.77. The van der Waals surface area contributed by atoms with Crippen molar-refractivity contribution in [2.45, 2.75) is 19.5 Å². The molecule has 0 fully saturated rings. The van der Waals surface area contributed by atoms with Crippen molar-refractivity contribution in [3.05, 3.63) is 29.1 Å². The standard InChI is InChI=1S/C9H9F3N2O/c1-5-2-6(3-9(10,11)12)4-14-7(5)8(13)15/h2,4H,3H2,1H3,(H2,13,15). The Morgan fingerprint density at radius 3 is 2.53 bits per heavy atom. The number of amides is 1. The first-order chi connectivity index (χ1) is 6.79. The van der Waals surface area contributed by atoms with Crippen molar-refractivity contribution in [2.24, 2.45) is 5.73 Å². The molecule has 1 aromatic heterocycles. The molecule has 0 spiro atoms. The van der Waals surface area contributed by atoms with Crippen LogP contribution >= 0.6 is 0 Å². The number of pyridine rings is 1. The number of halogens is 3. The predicted molar refractivity (Wildman–Crippen MR) is 47.3 cm³/mol. The molecule has 0 aliphatic rings. The zero-order valence-electron chi connectivity index (χ0n) is 7.93. The molecule has 0 aliphatic carbocycles. The highest BCUT2D eigenvalue weighted by molar-refractivity contribution is 5.92. The van der Waals surface area contributed by atoms with Crippen LogP contribution in [-0.4, -0.2) is 17.1 Å². The van der Waals surface area contributed by atoms with Crippen LogP contribution in [0.3, 0.4) is 0 Å². The van der Waals surface area contributed by atoms with Crippen LogP contribution in [0.2, 0.25) is 0 Å². The molecule has 82 valence electrons. The number of carbonyl (C=O) groups is 1. The summed E-state index contributed by atoms with van der Waals surface area (Å²) in [6.07, 6.45) is -4.32. The number of nitrogens with two attached hydrogens (primary N) is 1. The van der Waals surface area contributed by atoms with E-state index in [1.165, 1.54) is 13.0 Å². The fourth-order valence-corrected chi connectivity index (χ4v) is 1.22. The maximum Gasteiger partial charge on any atom is 0.393 e. The lowest BCUT2D eigenvalue weighted by molar-refractivity contribution is -0.127. The van der Waals surface area contributed by atoms with Gasteiger partial charge in [0.2, 0.25) is 0 Å². The van der Waals surface area contributed by atoms with Gasteiger partial charge in [0, 0.05) is 6.20 Å². The van der Waals surface area contributed by atoms with Gasteiger partial charge >= 0.3 is 6.18 Å². The third kappa shape index (κ3) is 3.23. The smallest absolute Gasteiger partial charge is 0.364 e. The van der Waals surface area contributed by atoms with Crippen molar-refractivity contribution in [3.8, 4) is 0 Å². The highest BCUT2D eigenvalue weighted by Crippen LogP contribution is 2.21. The lowest BCUT2D eigenvalue weighted by Gasteiger charge is -2.07. The van der Waals surface area contributed by atoms with Crippen LogP contribution in [0, 0.1) is 6.92 Å². The fourth-order valence-electron chi connectivity index (χ4n) is 1.22. The monoisotopic (exact) mass is 218 g/mol. The van der Waals surface area contributed by atoms with Crippen molar-refractivity contribution in [1.29, 1.82) is 0 Å². The summed E-state index contributed by atoms with van der Waals surface area (Å²) in [5, 5.41) is 0. The summed E-state index contributed by atoms with van der Waals surface area (Å²) in [7, 11) is 0. The molecule has 2 N–H and O–H groups in total. The number of carbonyl (C=O) groups excluding carboxylic acids is 1. The van der Waals surface area contributed by atoms with Gasteiger partial charge in [-0.25, -0.2) is 0 Å². The number of hydrogen-bond acceptors (Lipinski definition) is 2. The molecule has 1 heterocycles. The van der Waals surface area contributed by atoms with Crippen molar-refractivity contribution in [3.63, 3.8) is 0 Å². The summed E-state index contributed by atoms with van der Waals surface area (Å²) in [4.78, 5) is 14.3. The SMILES string of the molecule is Cc1cc(CC(F)(F)F)cnc1C(N)=O. The highest BCUT2D eigenvalue weighted by atomic mass is 19.4. The Morgan fingerprint density at radius 1 is 1.53 bits per heavy atom. The number of primary amides is 1. The molecule has 1 rings (SSSR count). The summed E-state index contributed by atoms with van der Waals surface area (Å²) in [6, 6.07) is 1.26. The number of rotatable bonds is 2. The maximum absolute atomic E-state index is 12.0. The van der Waals surface area contributed by atoms with Gasteiger partial charge in [-0.05, 0) is 18.1 Å². The van der Waals surface area contributed by atoms with Gasteiger partial charge in [-0.2, -0.15) is 13.2 Å². The predicted octanol–water partition coefficient (Wildman–Crippen LogP) is 1.59. The molecule has 15 heavy (non-hydrogen) atoms. The van der Waals surface area contributed by atoms with Crippen LogP contribution in [0.15, 0.2) is 12.3 Å². The molecule has 0 atom stereocenters. The molecule has 0 aliphatic heterocycles. The Bertz CT molecular complexity index is 387. The van der Waals surface area contributed by atoms with Gasteiger partial charge in [0.1, 0.15) is 5.69 Å². The van der Waals surface area contributed by atoms with Gasteiger partial charge in [-0.3, -0.25) is 9.78 Å². The Labute approximate surface area is 84.1 Å². The van der Waals surface area contributed by atoms with Crippen LogP contribution < -0.4 is 5.73 Å². The van der Waals surface area contributed by atoms with Crippen LogP contribution in [0.4, 0.5) is 13.2 Å². The molecule has 0 saturated carbocycles. The quantitative estimate of drug-likeness (QED) is 0.819. The number of aryl methyl sites for hydroxylation is 1. The third-order valence-electron chi connectivity index (χ3n) is 1.77. The van der Waals surface area contributed by atoms with E-state index in [-0.39, 0.29) is 11.3 Å². The zero-order valence-corrected chi connectivity index (χ0v) is 7.93. The van der Waals surface area contributed by atoms with E-state index < -0.39 is 18.5 Å². The second-order valence-corrected chi connectivity index (χ2v) is 3.17. The molecule has 0 saturated heterocycles. The van der Waals surface area contributed by atoms with Gasteiger partial charge in [-0.15, -0.1) is 0 Å². The van der Waals surface area contributed by atoms with Crippen molar-refractivity contribution >= 4 is 5.91 Å². The summed E-state index contributed by atoms with van der Waals surface area (Å²) >= 11 is 0. The summed E-state index contributed by atoms with van der Waals surface area (Å²) in [5.74, 6) is -0.744. The Hall–Kier alpha value is -1.59. The molecule has 1 amide bonds. The normalized spacial score (nSPS) is 11.5. The van der Waals surface area contributed by atoms with Gasteiger partial charge in [0.25, 0.3) is 5.91 Å². The minimum Gasteiger partial charge on any atom is -0.364 e. The van der Waals surface area contributed by atoms with Gasteiger partial charge in [0.15, 0.2) is 0 Å². The van der Waals surface area contributed by atoms with E-state index in [1.807, 2.05) is 0 Å². The molecule has 0 bridgehead atoms. The van der Waals surface area contributed by atoms with E-state index in [2.05, 4.69) is 4.98 Å². The average molecular weight is 218 g/mol. The Balaban J connectivity index is 2.97. The first kappa shape index (κ1) is 11.5. The Morgan fingerprint density at radius 2 is 2.13 bits per heavy atom. The van der Waals surface area contributed by atoms with Crippen LogP contribution in [0.25, 0.3) is 0 Å². The van der Waals surface area contributed by atoms with E-state index in [0.29, 0.717) is 5.56 Å². The van der Waals surface area contributed by atoms with Crippen LogP contribution in [-0.2, 0) is 6.42 Å². The van der Waals surface area contributed by atoms with Gasteiger partial charge in [0.05, 0.1) is 6.42 Å². The average Bonchev–Trinajstić information content (AvgIpc) is 1.99. The largest absolute Gasteiger partial charge is 0.393 e.